The molecule has 0 aliphatic carbocycles. The van der Waals surface area contributed by atoms with Crippen LogP contribution in [0.5, 0.6) is 5.75 Å². The Morgan fingerprint density at radius 1 is 1.06 bits per heavy atom. The minimum atomic E-state index is -0.539. The number of esters is 1. The van der Waals surface area contributed by atoms with Crippen molar-refractivity contribution in [3.05, 3.63) is 75.3 Å². The van der Waals surface area contributed by atoms with E-state index in [1.165, 1.54) is 30.2 Å². The van der Waals surface area contributed by atoms with Crippen LogP contribution in [0, 0.1) is 0 Å². The van der Waals surface area contributed by atoms with Crippen molar-refractivity contribution in [3.63, 3.8) is 0 Å². The molecule has 0 saturated heterocycles. The van der Waals surface area contributed by atoms with E-state index in [1.807, 2.05) is 0 Å². The highest BCUT2D eigenvalue weighted by molar-refractivity contribution is 7.99. The third-order valence-corrected chi connectivity index (χ3v) is 7.45. The number of hydrogen-bond acceptors (Lipinski definition) is 8. The average Bonchev–Trinajstić information content (AvgIpc) is 3.45. The molecule has 0 fully saturated rings. The first kappa shape index (κ1) is 26.0. The van der Waals surface area contributed by atoms with E-state index in [0.717, 1.165) is 5.56 Å². The van der Waals surface area contributed by atoms with Crippen LogP contribution >= 0.6 is 46.3 Å². The molecule has 1 N–H and O–H groups in total. The van der Waals surface area contributed by atoms with Crippen LogP contribution in [0.4, 0.5) is 5.00 Å². The number of hydrogen-bond donors (Lipinski definition) is 1. The molecular weight excluding hydrogens is 543 g/mol. The van der Waals surface area contributed by atoms with Gasteiger partial charge in [0.15, 0.2) is 11.0 Å². The molecule has 0 atom stereocenters. The van der Waals surface area contributed by atoms with Gasteiger partial charge < -0.3 is 19.4 Å². The number of aromatic nitrogens is 3. The maximum absolute atomic E-state index is 12.7. The molecule has 0 aliphatic rings. The van der Waals surface area contributed by atoms with E-state index >= 15 is 0 Å². The van der Waals surface area contributed by atoms with Gasteiger partial charge in [0, 0.05) is 28.0 Å². The molecule has 1 amide bonds. The molecule has 0 bridgehead atoms. The minimum Gasteiger partial charge on any atom is -0.486 e. The van der Waals surface area contributed by atoms with E-state index < -0.39 is 5.97 Å². The lowest BCUT2D eigenvalue weighted by molar-refractivity contribution is -0.113. The number of nitrogens with one attached hydrogen (secondary N) is 1. The van der Waals surface area contributed by atoms with Gasteiger partial charge in [0.2, 0.25) is 5.91 Å². The molecule has 0 saturated carbocycles. The fourth-order valence-corrected chi connectivity index (χ4v) is 5.12. The molecule has 2 aromatic carbocycles. The number of thiophene rings is 1. The third kappa shape index (κ3) is 6.19. The van der Waals surface area contributed by atoms with Crippen LogP contribution in [0.15, 0.2) is 59.1 Å². The smallest absolute Gasteiger partial charge is 0.341 e. The summed E-state index contributed by atoms with van der Waals surface area (Å²) in [7, 11) is 3.10. The summed E-state index contributed by atoms with van der Waals surface area (Å²) in [6.45, 7) is 0.211. The standard InChI is InChI=1S/C24H20Cl2N4O4S2/c1-30-19(11-34-17-9-7-16(26)8-10-17)28-29-24(30)36-13-20(31)27-22-21(23(32)33-2)18(12-35-22)14-3-5-15(25)6-4-14/h3-10,12H,11,13H2,1-2H3,(H,27,31). The largest absolute Gasteiger partial charge is 0.486 e. The minimum absolute atomic E-state index is 0.0683. The summed E-state index contributed by atoms with van der Waals surface area (Å²) in [5.74, 6) is 0.496. The summed E-state index contributed by atoms with van der Waals surface area (Å²) >= 11 is 14.3. The molecule has 0 aliphatic heterocycles. The first-order valence-electron chi connectivity index (χ1n) is 10.5. The van der Waals surface area contributed by atoms with E-state index in [0.29, 0.717) is 42.9 Å². The maximum Gasteiger partial charge on any atom is 0.341 e. The van der Waals surface area contributed by atoms with Crippen molar-refractivity contribution in [2.45, 2.75) is 11.8 Å². The number of nitrogens with zero attached hydrogens (tertiary/aromatic N) is 3. The van der Waals surface area contributed by atoms with Crippen LogP contribution in [-0.4, -0.2) is 39.5 Å². The third-order valence-electron chi connectivity index (χ3n) is 5.03. The van der Waals surface area contributed by atoms with Crippen molar-refractivity contribution in [3.8, 4) is 16.9 Å². The molecule has 0 spiro atoms. The van der Waals surface area contributed by atoms with Gasteiger partial charge in [-0.25, -0.2) is 4.79 Å². The van der Waals surface area contributed by atoms with Crippen molar-refractivity contribution in [1.29, 1.82) is 0 Å². The van der Waals surface area contributed by atoms with Crippen LogP contribution < -0.4 is 10.1 Å². The summed E-state index contributed by atoms with van der Waals surface area (Å²) in [4.78, 5) is 25.2. The lowest BCUT2D eigenvalue weighted by Gasteiger charge is -2.08. The Labute approximate surface area is 225 Å². The van der Waals surface area contributed by atoms with Crippen LogP contribution in [0.2, 0.25) is 10.0 Å². The van der Waals surface area contributed by atoms with Gasteiger partial charge in [-0.15, -0.1) is 21.5 Å². The van der Waals surface area contributed by atoms with Crippen molar-refractivity contribution in [2.24, 2.45) is 7.05 Å². The molecule has 186 valence electrons. The summed E-state index contributed by atoms with van der Waals surface area (Å²) in [5, 5.41) is 15.1. The number of carbonyl (C=O) groups excluding carboxylic acids is 2. The zero-order valence-corrected chi connectivity index (χ0v) is 22.3. The number of carbonyl (C=O) groups is 2. The lowest BCUT2D eigenvalue weighted by Crippen LogP contribution is -2.16. The SMILES string of the molecule is COC(=O)c1c(-c2ccc(Cl)cc2)csc1NC(=O)CSc1nnc(COc2ccc(Cl)cc2)n1C. The first-order chi connectivity index (χ1) is 17.4. The fraction of sp³-hybridized carbons (Fsp3) is 0.167. The van der Waals surface area contributed by atoms with E-state index in [1.54, 1.807) is 65.5 Å². The predicted molar refractivity (Wildman–Crippen MR) is 142 cm³/mol. The molecule has 4 rings (SSSR count). The summed E-state index contributed by atoms with van der Waals surface area (Å²) in [5.41, 5.74) is 1.74. The number of thioether (sulfide) groups is 1. The molecular formula is C24H20Cl2N4O4S2. The molecule has 8 nitrogen and oxygen atoms in total. The van der Waals surface area contributed by atoms with Crippen LogP contribution in [-0.2, 0) is 23.2 Å². The average molecular weight is 563 g/mol. The van der Waals surface area contributed by atoms with Crippen LogP contribution in [0.1, 0.15) is 16.2 Å². The van der Waals surface area contributed by atoms with E-state index in [4.69, 9.17) is 32.7 Å². The second kappa shape index (κ2) is 11.8. The summed E-state index contributed by atoms with van der Waals surface area (Å²) in [6.07, 6.45) is 0. The fourth-order valence-electron chi connectivity index (χ4n) is 3.16. The van der Waals surface area contributed by atoms with E-state index in [2.05, 4.69) is 15.5 Å². The summed E-state index contributed by atoms with van der Waals surface area (Å²) in [6, 6.07) is 14.1. The van der Waals surface area contributed by atoms with Gasteiger partial charge in [0.05, 0.1) is 12.9 Å². The zero-order chi connectivity index (χ0) is 25.7. The Hall–Kier alpha value is -3.05. The number of halogens is 2. The van der Waals surface area contributed by atoms with Gasteiger partial charge in [-0.2, -0.15) is 0 Å². The molecule has 4 aromatic rings. The molecule has 36 heavy (non-hydrogen) atoms. The van der Waals surface area contributed by atoms with E-state index in [9.17, 15) is 9.59 Å². The van der Waals surface area contributed by atoms with Crippen LogP contribution in [0.25, 0.3) is 11.1 Å². The topological polar surface area (TPSA) is 95.3 Å². The first-order valence-corrected chi connectivity index (χ1v) is 13.1. The Balaban J connectivity index is 1.39. The molecule has 2 aromatic heterocycles. The maximum atomic E-state index is 12.7. The highest BCUT2D eigenvalue weighted by atomic mass is 35.5. The predicted octanol–water partition coefficient (Wildman–Crippen LogP) is 5.95. The highest BCUT2D eigenvalue weighted by Crippen LogP contribution is 2.36. The zero-order valence-electron chi connectivity index (χ0n) is 19.2. The van der Waals surface area contributed by atoms with Gasteiger partial charge in [-0.1, -0.05) is 47.1 Å². The Morgan fingerprint density at radius 3 is 2.39 bits per heavy atom. The number of methoxy groups -OCH3 is 1. The Kier molecular flexibility index (Phi) is 8.52. The monoisotopic (exact) mass is 562 g/mol. The van der Waals surface area contributed by atoms with E-state index in [-0.39, 0.29) is 18.3 Å². The normalized spacial score (nSPS) is 10.8. The van der Waals surface area contributed by atoms with Gasteiger partial charge >= 0.3 is 5.97 Å². The van der Waals surface area contributed by atoms with Gasteiger partial charge in [0.25, 0.3) is 0 Å². The number of ether oxygens (including phenoxy) is 2. The molecule has 0 radical (unpaired) electrons. The van der Waals surface area contributed by atoms with Crippen molar-refractivity contribution in [1.82, 2.24) is 14.8 Å². The number of benzene rings is 2. The van der Waals surface area contributed by atoms with Gasteiger partial charge in [0.1, 0.15) is 22.9 Å². The van der Waals surface area contributed by atoms with Crippen molar-refractivity contribution in [2.75, 3.05) is 18.2 Å². The van der Waals surface area contributed by atoms with Crippen molar-refractivity contribution >= 4 is 63.2 Å². The van der Waals surface area contributed by atoms with Gasteiger partial charge in [-0.05, 0) is 42.0 Å². The van der Waals surface area contributed by atoms with Crippen molar-refractivity contribution < 1.29 is 19.1 Å². The second-order valence-electron chi connectivity index (χ2n) is 7.39. The highest BCUT2D eigenvalue weighted by Gasteiger charge is 2.23. The Morgan fingerprint density at radius 2 is 1.72 bits per heavy atom. The molecule has 0 unspecified atom stereocenters. The second-order valence-corrected chi connectivity index (χ2v) is 10.1. The molecule has 12 heteroatoms. The summed E-state index contributed by atoms with van der Waals surface area (Å²) < 4.78 is 12.4. The lowest BCUT2D eigenvalue weighted by atomic mass is 10.0. The molecule has 2 heterocycles. The quantitative estimate of drug-likeness (QED) is 0.199. The van der Waals surface area contributed by atoms with Crippen LogP contribution in [0.3, 0.4) is 0 Å². The number of amides is 1. The number of rotatable bonds is 9. The van der Waals surface area contributed by atoms with Gasteiger partial charge in [-0.3, -0.25) is 4.79 Å². The number of anilines is 1. The Bertz CT molecular complexity index is 1370.